The van der Waals surface area contributed by atoms with Gasteiger partial charge < -0.3 is 9.84 Å². The number of hydrogen-bond donors (Lipinski definition) is 1. The zero-order chi connectivity index (χ0) is 9.68. The predicted octanol–water partition coefficient (Wildman–Crippen LogP) is 0.819. The lowest BCUT2D eigenvalue weighted by molar-refractivity contribution is -0.134. The van der Waals surface area contributed by atoms with Crippen LogP contribution in [0.25, 0.3) is 0 Å². The minimum atomic E-state index is -0.497. The van der Waals surface area contributed by atoms with Crippen LogP contribution in [-0.4, -0.2) is 24.3 Å². The van der Waals surface area contributed by atoms with Crippen molar-refractivity contribution in [1.82, 2.24) is 0 Å². The van der Waals surface area contributed by atoms with E-state index in [1.807, 2.05) is 12.2 Å². The number of hydrogen-bond acceptors (Lipinski definition) is 3. The quantitative estimate of drug-likeness (QED) is 0.389. The maximum atomic E-state index is 10.7. The Labute approximate surface area is 77.0 Å². The smallest absolute Gasteiger partial charge is 0.330 e. The topological polar surface area (TPSA) is 46.5 Å². The molecule has 0 heterocycles. The summed E-state index contributed by atoms with van der Waals surface area (Å²) in [4.78, 5) is 10.7. The molecule has 0 unspecified atom stereocenters. The van der Waals surface area contributed by atoms with Crippen molar-refractivity contribution in [2.75, 3.05) is 7.11 Å². The van der Waals surface area contributed by atoms with Gasteiger partial charge in [0, 0.05) is 12.0 Å². The molecule has 0 saturated carbocycles. The van der Waals surface area contributed by atoms with Crippen molar-refractivity contribution in [2.24, 2.45) is 5.92 Å². The molecule has 13 heavy (non-hydrogen) atoms. The van der Waals surface area contributed by atoms with Gasteiger partial charge in [0.15, 0.2) is 0 Å². The van der Waals surface area contributed by atoms with E-state index in [2.05, 4.69) is 4.74 Å². The zero-order valence-corrected chi connectivity index (χ0v) is 7.38. The highest BCUT2D eigenvalue weighted by molar-refractivity contribution is 5.81. The molecule has 3 nitrogen and oxygen atoms in total. The van der Waals surface area contributed by atoms with Crippen molar-refractivity contribution in [3.63, 3.8) is 0 Å². The number of aliphatic hydroxyl groups is 1. The monoisotopic (exact) mass is 180 g/mol. The molecule has 0 aromatic rings. The van der Waals surface area contributed by atoms with Crippen LogP contribution in [0.5, 0.6) is 0 Å². The average Bonchev–Trinajstić information content (AvgIpc) is 2.16. The van der Waals surface area contributed by atoms with Gasteiger partial charge in [0.25, 0.3) is 0 Å². The van der Waals surface area contributed by atoms with Crippen molar-refractivity contribution in [3.05, 3.63) is 36.5 Å². The van der Waals surface area contributed by atoms with Gasteiger partial charge in [0.2, 0.25) is 0 Å². The fraction of sp³-hybridized carbons (Fsp3) is 0.300. The van der Waals surface area contributed by atoms with E-state index in [9.17, 15) is 4.79 Å². The van der Waals surface area contributed by atoms with Crippen LogP contribution < -0.4 is 0 Å². The summed E-state index contributed by atoms with van der Waals surface area (Å²) in [5.74, 6) is -0.296. The van der Waals surface area contributed by atoms with E-state index in [4.69, 9.17) is 5.11 Å². The summed E-state index contributed by atoms with van der Waals surface area (Å²) in [5.41, 5.74) is 0. The van der Waals surface area contributed by atoms with Gasteiger partial charge in [-0.3, -0.25) is 0 Å². The Morgan fingerprint density at radius 1 is 1.38 bits per heavy atom. The predicted molar refractivity (Wildman–Crippen MR) is 48.9 cm³/mol. The van der Waals surface area contributed by atoms with E-state index < -0.39 is 6.10 Å². The molecule has 0 fully saturated rings. The largest absolute Gasteiger partial charge is 0.466 e. The maximum absolute atomic E-state index is 10.7. The second-order valence-electron chi connectivity index (χ2n) is 2.72. The summed E-state index contributed by atoms with van der Waals surface area (Å²) in [7, 11) is 1.34. The van der Waals surface area contributed by atoms with Gasteiger partial charge in [-0.1, -0.05) is 30.4 Å². The van der Waals surface area contributed by atoms with Crippen molar-refractivity contribution in [1.29, 1.82) is 0 Å². The molecular weight excluding hydrogens is 168 g/mol. The summed E-state index contributed by atoms with van der Waals surface area (Å²) in [6, 6.07) is 0. The highest BCUT2D eigenvalue weighted by Crippen LogP contribution is 2.10. The number of methoxy groups -OCH3 is 1. The minimum Gasteiger partial charge on any atom is -0.466 e. The highest BCUT2D eigenvalue weighted by Gasteiger charge is 2.03. The van der Waals surface area contributed by atoms with Crippen LogP contribution in [0.1, 0.15) is 0 Å². The number of esters is 1. The third-order valence-electron chi connectivity index (χ3n) is 1.72. The van der Waals surface area contributed by atoms with Gasteiger partial charge >= 0.3 is 5.97 Å². The molecule has 0 aliphatic heterocycles. The standard InChI is InChI=1S/C10H12O3/c1-13-10(12)7-4-8-2-5-9(11)6-3-8/h2-9,11H,1H3/b7-4+. The summed E-state index contributed by atoms with van der Waals surface area (Å²) in [6.07, 6.45) is 9.58. The van der Waals surface area contributed by atoms with Gasteiger partial charge in [0.05, 0.1) is 13.2 Å². The van der Waals surface area contributed by atoms with Gasteiger partial charge in [-0.05, 0) is 0 Å². The van der Waals surface area contributed by atoms with Crippen LogP contribution in [0.2, 0.25) is 0 Å². The third kappa shape index (κ3) is 3.25. The maximum Gasteiger partial charge on any atom is 0.330 e. The molecule has 0 radical (unpaired) electrons. The van der Waals surface area contributed by atoms with Crippen molar-refractivity contribution in [2.45, 2.75) is 6.10 Å². The number of carbonyl (C=O) groups excluding carboxylic acids is 1. The molecule has 0 spiro atoms. The van der Waals surface area contributed by atoms with Crippen LogP contribution in [0.3, 0.4) is 0 Å². The molecular formula is C10H12O3. The third-order valence-corrected chi connectivity index (χ3v) is 1.72. The SMILES string of the molecule is COC(=O)/C=C/C1C=CC(O)C=C1. The summed E-state index contributed by atoms with van der Waals surface area (Å²) >= 11 is 0. The van der Waals surface area contributed by atoms with Crippen molar-refractivity contribution in [3.8, 4) is 0 Å². The second kappa shape index (κ2) is 4.62. The molecule has 0 amide bonds. The first-order chi connectivity index (χ1) is 6.22. The van der Waals surface area contributed by atoms with Crippen LogP contribution in [-0.2, 0) is 9.53 Å². The number of allylic oxidation sites excluding steroid dienone is 3. The average molecular weight is 180 g/mol. The first-order valence-corrected chi connectivity index (χ1v) is 4.03. The Morgan fingerprint density at radius 2 is 2.00 bits per heavy atom. The van der Waals surface area contributed by atoms with E-state index in [0.29, 0.717) is 0 Å². The summed E-state index contributed by atoms with van der Waals surface area (Å²) < 4.78 is 4.44. The Bertz CT molecular complexity index is 249. The first-order valence-electron chi connectivity index (χ1n) is 4.03. The number of rotatable bonds is 2. The van der Waals surface area contributed by atoms with E-state index in [1.54, 1.807) is 18.2 Å². The Hall–Kier alpha value is -1.35. The second-order valence-corrected chi connectivity index (χ2v) is 2.72. The zero-order valence-electron chi connectivity index (χ0n) is 7.38. The lowest BCUT2D eigenvalue weighted by atomic mass is 10.0. The van der Waals surface area contributed by atoms with Crippen LogP contribution >= 0.6 is 0 Å². The van der Waals surface area contributed by atoms with E-state index in [1.165, 1.54) is 13.2 Å². The first kappa shape index (κ1) is 9.74. The van der Waals surface area contributed by atoms with Gasteiger partial charge in [0.1, 0.15) is 0 Å². The Balaban J connectivity index is 2.47. The van der Waals surface area contributed by atoms with Gasteiger partial charge in [-0.2, -0.15) is 0 Å². The molecule has 0 saturated heterocycles. The number of aliphatic hydroxyl groups excluding tert-OH is 1. The van der Waals surface area contributed by atoms with E-state index in [0.717, 1.165) is 0 Å². The lowest BCUT2D eigenvalue weighted by Gasteiger charge is -2.08. The fourth-order valence-corrected chi connectivity index (χ4v) is 0.999. The molecule has 1 rings (SSSR count). The van der Waals surface area contributed by atoms with Crippen molar-refractivity contribution < 1.29 is 14.6 Å². The van der Waals surface area contributed by atoms with E-state index in [-0.39, 0.29) is 11.9 Å². The van der Waals surface area contributed by atoms with Gasteiger partial charge in [-0.15, -0.1) is 0 Å². The molecule has 0 aromatic carbocycles. The fourth-order valence-electron chi connectivity index (χ4n) is 0.999. The molecule has 1 aliphatic rings. The molecule has 1 aliphatic carbocycles. The summed E-state index contributed by atoms with van der Waals surface area (Å²) in [6.45, 7) is 0. The van der Waals surface area contributed by atoms with Crippen molar-refractivity contribution >= 4 is 5.97 Å². The Morgan fingerprint density at radius 3 is 2.54 bits per heavy atom. The number of carbonyl (C=O) groups is 1. The molecule has 70 valence electrons. The lowest BCUT2D eigenvalue weighted by Crippen LogP contribution is -2.04. The highest BCUT2D eigenvalue weighted by atomic mass is 16.5. The normalized spacial score (nSPS) is 26.6. The van der Waals surface area contributed by atoms with Crippen LogP contribution in [0, 0.1) is 5.92 Å². The molecule has 0 bridgehead atoms. The van der Waals surface area contributed by atoms with Crippen LogP contribution in [0.4, 0.5) is 0 Å². The number of ether oxygens (including phenoxy) is 1. The van der Waals surface area contributed by atoms with E-state index >= 15 is 0 Å². The molecule has 0 atom stereocenters. The molecule has 3 heteroatoms. The Kier molecular flexibility index (Phi) is 3.46. The summed E-state index contributed by atoms with van der Waals surface area (Å²) in [5, 5.41) is 9.06. The minimum absolute atomic E-state index is 0.0718. The van der Waals surface area contributed by atoms with Gasteiger partial charge in [-0.25, -0.2) is 4.79 Å². The van der Waals surface area contributed by atoms with Crippen LogP contribution in [0.15, 0.2) is 36.5 Å². The molecule has 0 aromatic heterocycles. The molecule has 1 N–H and O–H groups in total.